The molecule has 0 aliphatic carbocycles. The van der Waals surface area contributed by atoms with Crippen molar-refractivity contribution in [2.45, 2.75) is 12.5 Å². The van der Waals surface area contributed by atoms with E-state index in [1.165, 1.54) is 18.2 Å². The van der Waals surface area contributed by atoms with Gasteiger partial charge < -0.3 is 5.11 Å². The summed E-state index contributed by atoms with van der Waals surface area (Å²) in [7, 11) is 0. The SMILES string of the molecule is OC(Cc1cc(F)ccc1Cl)c1cnc2ccsc2c1. The molecule has 0 saturated carbocycles. The fourth-order valence-electron chi connectivity index (χ4n) is 2.07. The summed E-state index contributed by atoms with van der Waals surface area (Å²) in [5.41, 5.74) is 2.21. The van der Waals surface area contributed by atoms with E-state index in [1.54, 1.807) is 17.5 Å². The van der Waals surface area contributed by atoms with Gasteiger partial charge in [-0.15, -0.1) is 11.3 Å². The van der Waals surface area contributed by atoms with Crippen LogP contribution in [0.4, 0.5) is 4.39 Å². The van der Waals surface area contributed by atoms with E-state index < -0.39 is 6.10 Å². The highest BCUT2D eigenvalue weighted by Crippen LogP contribution is 2.27. The number of aliphatic hydroxyl groups is 1. The summed E-state index contributed by atoms with van der Waals surface area (Å²) < 4.78 is 14.2. The van der Waals surface area contributed by atoms with Gasteiger partial charge in [-0.1, -0.05) is 11.6 Å². The molecule has 0 saturated heterocycles. The first-order valence-corrected chi connectivity index (χ1v) is 7.34. The third kappa shape index (κ3) is 2.68. The lowest BCUT2D eigenvalue weighted by Crippen LogP contribution is -2.03. The number of thiophene rings is 1. The van der Waals surface area contributed by atoms with E-state index in [-0.39, 0.29) is 12.2 Å². The predicted octanol–water partition coefficient (Wildman–Crippen LogP) is 4.36. The Hall–Kier alpha value is -1.49. The molecule has 0 spiro atoms. The molecule has 102 valence electrons. The van der Waals surface area contributed by atoms with E-state index in [4.69, 9.17) is 11.6 Å². The number of aromatic nitrogens is 1. The van der Waals surface area contributed by atoms with Gasteiger partial charge in [0.1, 0.15) is 5.82 Å². The van der Waals surface area contributed by atoms with Crippen LogP contribution < -0.4 is 0 Å². The minimum absolute atomic E-state index is 0.259. The molecular formula is C15H11ClFNOS. The van der Waals surface area contributed by atoms with Crippen LogP contribution in [0.25, 0.3) is 10.2 Å². The van der Waals surface area contributed by atoms with Crippen molar-refractivity contribution in [3.05, 3.63) is 63.9 Å². The molecule has 2 heterocycles. The summed E-state index contributed by atoms with van der Waals surface area (Å²) >= 11 is 7.59. The fraction of sp³-hybridized carbons (Fsp3) is 0.133. The molecule has 0 fully saturated rings. The van der Waals surface area contributed by atoms with Gasteiger partial charge in [0.05, 0.1) is 16.3 Å². The monoisotopic (exact) mass is 307 g/mol. The standard InChI is InChI=1S/C15H11ClFNOS/c16-12-2-1-11(17)5-9(12)6-14(19)10-7-15-13(18-8-10)3-4-20-15/h1-5,7-8,14,19H,6H2. The zero-order chi connectivity index (χ0) is 14.1. The maximum Gasteiger partial charge on any atom is 0.123 e. The van der Waals surface area contributed by atoms with Gasteiger partial charge in [-0.25, -0.2) is 4.39 Å². The predicted molar refractivity (Wildman–Crippen MR) is 79.7 cm³/mol. The number of halogens is 2. The number of fused-ring (bicyclic) bond motifs is 1. The second kappa shape index (κ2) is 5.48. The van der Waals surface area contributed by atoms with E-state index in [2.05, 4.69) is 4.98 Å². The number of rotatable bonds is 3. The molecular weight excluding hydrogens is 297 g/mol. The molecule has 0 amide bonds. The smallest absolute Gasteiger partial charge is 0.123 e. The maximum absolute atomic E-state index is 13.2. The summed E-state index contributed by atoms with van der Waals surface area (Å²) in [6, 6.07) is 7.99. The zero-order valence-corrected chi connectivity index (χ0v) is 12.0. The van der Waals surface area contributed by atoms with Gasteiger partial charge in [-0.05, 0) is 41.3 Å². The van der Waals surface area contributed by atoms with Crippen LogP contribution in [0.2, 0.25) is 5.02 Å². The number of hydrogen-bond donors (Lipinski definition) is 1. The Bertz CT molecular complexity index is 758. The average molecular weight is 308 g/mol. The van der Waals surface area contributed by atoms with Crippen molar-refractivity contribution in [3.63, 3.8) is 0 Å². The third-order valence-corrected chi connectivity index (χ3v) is 4.35. The molecule has 3 rings (SSSR count). The Morgan fingerprint density at radius 3 is 3.00 bits per heavy atom. The van der Waals surface area contributed by atoms with Crippen LogP contribution in [-0.2, 0) is 6.42 Å². The van der Waals surface area contributed by atoms with E-state index in [0.29, 0.717) is 16.1 Å². The number of pyridine rings is 1. The van der Waals surface area contributed by atoms with Gasteiger partial charge in [0.2, 0.25) is 0 Å². The van der Waals surface area contributed by atoms with E-state index >= 15 is 0 Å². The third-order valence-electron chi connectivity index (χ3n) is 3.13. The van der Waals surface area contributed by atoms with Gasteiger partial charge in [0.15, 0.2) is 0 Å². The highest BCUT2D eigenvalue weighted by Gasteiger charge is 2.13. The highest BCUT2D eigenvalue weighted by atomic mass is 35.5. The first-order valence-electron chi connectivity index (χ1n) is 6.08. The highest BCUT2D eigenvalue weighted by molar-refractivity contribution is 7.17. The molecule has 0 aliphatic heterocycles. The summed E-state index contributed by atoms with van der Waals surface area (Å²) in [4.78, 5) is 4.29. The molecule has 0 aliphatic rings. The van der Waals surface area contributed by atoms with Gasteiger partial charge in [-0.3, -0.25) is 4.98 Å². The molecule has 20 heavy (non-hydrogen) atoms. The number of aliphatic hydroxyl groups excluding tert-OH is 1. The van der Waals surface area contributed by atoms with Crippen LogP contribution in [0.1, 0.15) is 17.2 Å². The van der Waals surface area contributed by atoms with Crippen molar-refractivity contribution < 1.29 is 9.50 Å². The summed E-state index contributed by atoms with van der Waals surface area (Å²) in [6.07, 6.45) is 1.15. The average Bonchev–Trinajstić information content (AvgIpc) is 2.90. The van der Waals surface area contributed by atoms with Crippen molar-refractivity contribution >= 4 is 33.2 Å². The lowest BCUT2D eigenvalue weighted by molar-refractivity contribution is 0.178. The maximum atomic E-state index is 13.2. The molecule has 5 heteroatoms. The second-order valence-corrected chi connectivity index (χ2v) is 5.88. The number of nitrogens with zero attached hydrogens (tertiary/aromatic N) is 1. The molecule has 1 N–H and O–H groups in total. The Labute approximate surface area is 124 Å². The van der Waals surface area contributed by atoms with Crippen molar-refractivity contribution in [2.75, 3.05) is 0 Å². The fourth-order valence-corrected chi connectivity index (χ4v) is 3.05. The Balaban J connectivity index is 1.88. The van der Waals surface area contributed by atoms with Crippen LogP contribution in [0, 0.1) is 5.82 Å². The Morgan fingerprint density at radius 2 is 2.15 bits per heavy atom. The summed E-state index contributed by atoms with van der Waals surface area (Å²) in [5, 5.41) is 12.7. The molecule has 1 atom stereocenters. The second-order valence-electron chi connectivity index (χ2n) is 4.53. The van der Waals surface area contributed by atoms with Gasteiger partial charge >= 0.3 is 0 Å². The normalized spacial score (nSPS) is 12.8. The van der Waals surface area contributed by atoms with Crippen LogP contribution in [-0.4, -0.2) is 10.1 Å². The summed E-state index contributed by atoms with van der Waals surface area (Å²) in [6.45, 7) is 0. The quantitative estimate of drug-likeness (QED) is 0.779. The van der Waals surface area contributed by atoms with E-state index in [0.717, 1.165) is 10.2 Å². The van der Waals surface area contributed by atoms with Gasteiger partial charge in [0, 0.05) is 23.2 Å². The minimum Gasteiger partial charge on any atom is -0.388 e. The topological polar surface area (TPSA) is 33.1 Å². The lowest BCUT2D eigenvalue weighted by atomic mass is 10.0. The zero-order valence-electron chi connectivity index (χ0n) is 10.4. The van der Waals surface area contributed by atoms with E-state index in [9.17, 15) is 9.50 Å². The Morgan fingerprint density at radius 1 is 1.30 bits per heavy atom. The molecule has 3 aromatic rings. The van der Waals surface area contributed by atoms with Gasteiger partial charge in [0.25, 0.3) is 0 Å². The van der Waals surface area contributed by atoms with Crippen LogP contribution >= 0.6 is 22.9 Å². The summed E-state index contributed by atoms with van der Waals surface area (Å²) in [5.74, 6) is -0.358. The number of benzene rings is 1. The lowest BCUT2D eigenvalue weighted by Gasteiger charge is -2.12. The van der Waals surface area contributed by atoms with E-state index in [1.807, 2.05) is 17.5 Å². The van der Waals surface area contributed by atoms with Crippen molar-refractivity contribution in [1.29, 1.82) is 0 Å². The molecule has 2 aromatic heterocycles. The van der Waals surface area contributed by atoms with Crippen LogP contribution in [0.15, 0.2) is 41.9 Å². The van der Waals surface area contributed by atoms with Gasteiger partial charge in [-0.2, -0.15) is 0 Å². The van der Waals surface area contributed by atoms with Crippen LogP contribution in [0.5, 0.6) is 0 Å². The van der Waals surface area contributed by atoms with Crippen molar-refractivity contribution in [1.82, 2.24) is 4.98 Å². The molecule has 1 aromatic carbocycles. The van der Waals surface area contributed by atoms with Crippen molar-refractivity contribution in [3.8, 4) is 0 Å². The molecule has 0 radical (unpaired) electrons. The minimum atomic E-state index is -0.756. The Kier molecular flexibility index (Phi) is 3.70. The van der Waals surface area contributed by atoms with Crippen molar-refractivity contribution in [2.24, 2.45) is 0 Å². The molecule has 0 bridgehead atoms. The first kappa shape index (κ1) is 13.5. The molecule has 1 unspecified atom stereocenters. The molecule has 2 nitrogen and oxygen atoms in total. The number of hydrogen-bond acceptors (Lipinski definition) is 3. The first-order chi connectivity index (χ1) is 9.63. The van der Waals surface area contributed by atoms with Crippen LogP contribution in [0.3, 0.4) is 0 Å². The largest absolute Gasteiger partial charge is 0.388 e.